The zero-order valence-electron chi connectivity index (χ0n) is 16.2. The molecule has 150 valence electrons. The number of benzene rings is 1. The van der Waals surface area contributed by atoms with Crippen LogP contribution in [0.1, 0.15) is 18.0 Å². The summed E-state index contributed by atoms with van der Waals surface area (Å²) in [4.78, 5) is 27.3. The van der Waals surface area contributed by atoms with Crippen molar-refractivity contribution in [3.8, 4) is 0 Å². The molecule has 1 aliphatic rings. The molecule has 0 aromatic heterocycles. The maximum absolute atomic E-state index is 12.1. The summed E-state index contributed by atoms with van der Waals surface area (Å²) in [6.07, 6.45) is 0.428. The number of anilines is 1. The van der Waals surface area contributed by atoms with Crippen molar-refractivity contribution in [3.63, 3.8) is 0 Å². The van der Waals surface area contributed by atoms with Gasteiger partial charge in [-0.15, -0.1) is 0 Å². The van der Waals surface area contributed by atoms with E-state index >= 15 is 0 Å². The lowest BCUT2D eigenvalue weighted by molar-refractivity contribution is -0.937. The molecular weight excluding hydrogens is 348 g/mol. The number of aliphatic hydroxyl groups is 1. The molecule has 1 aliphatic heterocycles. The third-order valence-corrected chi connectivity index (χ3v) is 4.73. The quantitative estimate of drug-likeness (QED) is 0.320. The predicted octanol–water partition coefficient (Wildman–Crippen LogP) is -1.68. The van der Waals surface area contributed by atoms with E-state index in [4.69, 9.17) is 9.84 Å². The Balaban J connectivity index is 2.02. The molecule has 0 aliphatic carbocycles. The van der Waals surface area contributed by atoms with Crippen LogP contribution in [0.4, 0.5) is 5.69 Å². The van der Waals surface area contributed by atoms with E-state index < -0.39 is 11.8 Å². The van der Waals surface area contributed by atoms with Crippen molar-refractivity contribution in [1.82, 2.24) is 10.6 Å². The molecule has 8 heteroatoms. The van der Waals surface area contributed by atoms with Crippen molar-refractivity contribution in [2.75, 3.05) is 65.0 Å². The third kappa shape index (κ3) is 6.50. The molecule has 1 heterocycles. The summed E-state index contributed by atoms with van der Waals surface area (Å²) in [5.41, 5.74) is 2.24. The van der Waals surface area contributed by atoms with Gasteiger partial charge in [0.25, 0.3) is 0 Å². The molecule has 0 saturated carbocycles. The van der Waals surface area contributed by atoms with Crippen LogP contribution in [0.15, 0.2) is 24.3 Å². The smallest absolute Gasteiger partial charge is 0.309 e. The van der Waals surface area contributed by atoms with Gasteiger partial charge in [-0.05, 0) is 18.6 Å². The first-order valence-electron chi connectivity index (χ1n) is 9.39. The van der Waals surface area contributed by atoms with E-state index in [1.165, 1.54) is 4.90 Å². The highest BCUT2D eigenvalue weighted by atomic mass is 16.5. The minimum Gasteiger partial charge on any atom is -0.396 e. The lowest BCUT2D eigenvalue weighted by Gasteiger charge is -2.32. The number of hydrogen-bond donors (Lipinski definition) is 4. The molecule has 2 rings (SSSR count). The number of rotatable bonds is 8. The van der Waals surface area contributed by atoms with E-state index in [-0.39, 0.29) is 19.2 Å². The van der Waals surface area contributed by atoms with Crippen LogP contribution in [0.3, 0.4) is 0 Å². The number of nitrogens with one attached hydrogen (secondary N) is 3. The molecule has 1 aromatic carbocycles. The summed E-state index contributed by atoms with van der Waals surface area (Å²) in [6.45, 7) is 3.74. The Morgan fingerprint density at radius 3 is 2.37 bits per heavy atom. The fourth-order valence-electron chi connectivity index (χ4n) is 3.12. The minimum absolute atomic E-state index is 0.0205. The Morgan fingerprint density at radius 2 is 1.78 bits per heavy atom. The van der Waals surface area contributed by atoms with Crippen molar-refractivity contribution in [1.29, 1.82) is 0 Å². The number of ether oxygens (including phenoxy) is 1. The van der Waals surface area contributed by atoms with E-state index in [9.17, 15) is 9.59 Å². The van der Waals surface area contributed by atoms with Crippen LogP contribution < -0.4 is 20.4 Å². The van der Waals surface area contributed by atoms with Gasteiger partial charge in [-0.3, -0.25) is 9.59 Å². The van der Waals surface area contributed by atoms with Crippen LogP contribution in [0.2, 0.25) is 0 Å². The Hall–Kier alpha value is -2.16. The topological polar surface area (TPSA) is 95.3 Å². The SMILES string of the molecule is CN(C)c1ccc([C@@H](CNC(=O)C(=O)NCCCO)[NH+]2CCOCC2)cc1. The second-order valence-corrected chi connectivity index (χ2v) is 6.85. The normalized spacial score (nSPS) is 15.8. The first kappa shape index (κ1) is 21.1. The van der Waals surface area contributed by atoms with Crippen molar-refractivity contribution in [2.45, 2.75) is 12.5 Å². The molecule has 4 N–H and O–H groups in total. The molecule has 1 atom stereocenters. The van der Waals surface area contributed by atoms with Gasteiger partial charge in [-0.25, -0.2) is 0 Å². The highest BCUT2D eigenvalue weighted by molar-refractivity contribution is 6.35. The second kappa shape index (κ2) is 10.9. The van der Waals surface area contributed by atoms with Gasteiger partial charge in [-0.2, -0.15) is 0 Å². The molecule has 8 nitrogen and oxygen atoms in total. The Kier molecular flexibility index (Phi) is 8.50. The van der Waals surface area contributed by atoms with Gasteiger partial charge in [0.05, 0.1) is 19.8 Å². The van der Waals surface area contributed by atoms with E-state index in [1.807, 2.05) is 19.0 Å². The molecule has 0 unspecified atom stereocenters. The van der Waals surface area contributed by atoms with E-state index in [0.717, 1.165) is 24.3 Å². The van der Waals surface area contributed by atoms with Gasteiger partial charge < -0.3 is 30.3 Å². The highest BCUT2D eigenvalue weighted by Crippen LogP contribution is 2.16. The first-order chi connectivity index (χ1) is 13.0. The number of amides is 2. The molecule has 2 amide bonds. The van der Waals surface area contributed by atoms with Gasteiger partial charge in [0.2, 0.25) is 0 Å². The van der Waals surface area contributed by atoms with Gasteiger partial charge in [0.1, 0.15) is 19.1 Å². The number of morpholine rings is 1. The highest BCUT2D eigenvalue weighted by Gasteiger charge is 2.27. The summed E-state index contributed by atoms with van der Waals surface area (Å²) in [5, 5.41) is 14.0. The molecule has 1 saturated heterocycles. The standard InChI is InChI=1S/C19H30N4O4/c1-22(2)16-6-4-15(5-7-16)17(23-9-12-27-13-10-23)14-21-19(26)18(25)20-8-3-11-24/h4-7,17,24H,3,8-14H2,1-2H3,(H,20,25)(H,21,26)/p+1/t17-/m1/s1. The predicted molar refractivity (Wildman–Crippen MR) is 103 cm³/mol. The van der Waals surface area contributed by atoms with E-state index in [2.05, 4.69) is 34.9 Å². The average molecular weight is 379 g/mol. The van der Waals surface area contributed by atoms with Crippen LogP contribution in [0.25, 0.3) is 0 Å². The summed E-state index contributed by atoms with van der Waals surface area (Å²) >= 11 is 0. The van der Waals surface area contributed by atoms with Crippen LogP contribution in [0, 0.1) is 0 Å². The molecule has 1 aromatic rings. The van der Waals surface area contributed by atoms with Gasteiger partial charge in [0, 0.05) is 38.5 Å². The van der Waals surface area contributed by atoms with Crippen molar-refractivity contribution in [2.24, 2.45) is 0 Å². The van der Waals surface area contributed by atoms with Gasteiger partial charge in [-0.1, -0.05) is 12.1 Å². The molecule has 0 spiro atoms. The van der Waals surface area contributed by atoms with Gasteiger partial charge in [0.15, 0.2) is 0 Å². The van der Waals surface area contributed by atoms with Crippen LogP contribution in [-0.2, 0) is 14.3 Å². The molecular formula is C19H31N4O4+. The number of hydrogen-bond acceptors (Lipinski definition) is 5. The van der Waals surface area contributed by atoms with Crippen molar-refractivity contribution >= 4 is 17.5 Å². The number of quaternary nitrogens is 1. The fourth-order valence-corrected chi connectivity index (χ4v) is 3.12. The molecule has 1 fully saturated rings. The molecule has 0 bridgehead atoms. The lowest BCUT2D eigenvalue weighted by Crippen LogP contribution is -3.15. The zero-order valence-corrected chi connectivity index (χ0v) is 16.2. The zero-order chi connectivity index (χ0) is 19.6. The monoisotopic (exact) mass is 379 g/mol. The van der Waals surface area contributed by atoms with Crippen LogP contribution >= 0.6 is 0 Å². The maximum Gasteiger partial charge on any atom is 0.309 e. The number of nitrogens with zero attached hydrogens (tertiary/aromatic N) is 1. The van der Waals surface area contributed by atoms with Crippen LogP contribution in [-0.4, -0.2) is 77.0 Å². The Morgan fingerprint density at radius 1 is 1.15 bits per heavy atom. The summed E-state index contributed by atoms with van der Waals surface area (Å²) in [5.74, 6) is -1.31. The second-order valence-electron chi connectivity index (χ2n) is 6.85. The minimum atomic E-state index is -0.665. The summed E-state index contributed by atoms with van der Waals surface area (Å²) in [7, 11) is 3.99. The first-order valence-corrected chi connectivity index (χ1v) is 9.39. The van der Waals surface area contributed by atoms with E-state index in [0.29, 0.717) is 26.2 Å². The summed E-state index contributed by atoms with van der Waals surface area (Å²) < 4.78 is 5.46. The van der Waals surface area contributed by atoms with Crippen molar-refractivity contribution < 1.29 is 24.3 Å². The van der Waals surface area contributed by atoms with Gasteiger partial charge >= 0.3 is 11.8 Å². The van der Waals surface area contributed by atoms with Crippen molar-refractivity contribution in [3.05, 3.63) is 29.8 Å². The Bertz CT molecular complexity index is 600. The molecule has 0 radical (unpaired) electrons. The lowest BCUT2D eigenvalue weighted by atomic mass is 10.0. The van der Waals surface area contributed by atoms with Crippen LogP contribution in [0.5, 0.6) is 0 Å². The largest absolute Gasteiger partial charge is 0.396 e. The fraction of sp³-hybridized carbons (Fsp3) is 0.579. The number of aliphatic hydroxyl groups excluding tert-OH is 1. The summed E-state index contributed by atoms with van der Waals surface area (Å²) in [6, 6.07) is 8.34. The number of carbonyl (C=O) groups is 2. The van der Waals surface area contributed by atoms with E-state index in [1.54, 1.807) is 0 Å². The average Bonchev–Trinajstić information content (AvgIpc) is 2.69. The Labute approximate surface area is 160 Å². The maximum atomic E-state index is 12.1. The third-order valence-electron chi connectivity index (χ3n) is 4.73. The molecule has 27 heavy (non-hydrogen) atoms. The number of carbonyl (C=O) groups excluding carboxylic acids is 2.